The Morgan fingerprint density at radius 2 is 1.73 bits per heavy atom. The van der Waals surface area contributed by atoms with Crippen molar-refractivity contribution in [1.82, 2.24) is 10.2 Å². The maximum Gasteiger partial charge on any atom is 0.338 e. The van der Waals surface area contributed by atoms with E-state index in [4.69, 9.17) is 25.8 Å². The number of carbonyl (C=O) groups is 2. The molecule has 0 spiro atoms. The van der Waals surface area contributed by atoms with Gasteiger partial charge >= 0.3 is 12.0 Å². The molecule has 1 atom stereocenters. The maximum absolute atomic E-state index is 12.9. The number of methoxy groups -OCH3 is 1. The number of hydrogen-bond acceptors (Lipinski definition) is 5. The molecule has 3 rings (SSSR count). The number of halogens is 1. The van der Waals surface area contributed by atoms with Crippen LogP contribution in [0.4, 0.5) is 4.79 Å². The van der Waals surface area contributed by atoms with Crippen molar-refractivity contribution in [3.05, 3.63) is 70.4 Å². The Kier molecular flexibility index (Phi) is 6.84. The van der Waals surface area contributed by atoms with E-state index in [1.807, 2.05) is 0 Å². The van der Waals surface area contributed by atoms with E-state index < -0.39 is 12.0 Å². The Labute approximate surface area is 180 Å². The zero-order chi connectivity index (χ0) is 21.7. The largest absolute Gasteiger partial charge is 0.497 e. The number of carbonyl (C=O) groups excluding carboxylic acids is 2. The lowest BCUT2D eigenvalue weighted by Crippen LogP contribution is -2.48. The fraction of sp³-hybridized carbons (Fsp3) is 0.273. The van der Waals surface area contributed by atoms with Gasteiger partial charge in [0.1, 0.15) is 18.1 Å². The number of hydrogen-bond donors (Lipinski definition) is 1. The molecule has 2 amide bonds. The van der Waals surface area contributed by atoms with Crippen molar-refractivity contribution in [1.29, 1.82) is 0 Å². The highest BCUT2D eigenvalue weighted by Crippen LogP contribution is 2.32. The van der Waals surface area contributed by atoms with Crippen LogP contribution in [-0.4, -0.2) is 44.3 Å². The first-order valence-electron chi connectivity index (χ1n) is 9.41. The zero-order valence-corrected chi connectivity index (χ0v) is 17.7. The molecule has 1 heterocycles. The van der Waals surface area contributed by atoms with Gasteiger partial charge in [-0.25, -0.2) is 9.59 Å². The normalized spacial score (nSPS) is 16.2. The maximum atomic E-state index is 12.9. The summed E-state index contributed by atoms with van der Waals surface area (Å²) in [4.78, 5) is 26.8. The minimum absolute atomic E-state index is 0.00842. The van der Waals surface area contributed by atoms with Crippen molar-refractivity contribution in [2.75, 3.05) is 27.4 Å². The van der Waals surface area contributed by atoms with Crippen molar-refractivity contribution in [2.45, 2.75) is 13.0 Å². The summed E-state index contributed by atoms with van der Waals surface area (Å²) in [5, 5.41) is 3.41. The number of urea groups is 1. The summed E-state index contributed by atoms with van der Waals surface area (Å²) in [6.07, 6.45) is 0. The summed E-state index contributed by atoms with van der Waals surface area (Å²) in [5.41, 5.74) is 1.45. The smallest absolute Gasteiger partial charge is 0.338 e. The SMILES string of the molecule is CCOC(=O)C1=C(COc2ccc(OC)cc2)N(C)C(=O)NC1c1ccc(Cl)cc1. The van der Waals surface area contributed by atoms with Crippen LogP contribution < -0.4 is 14.8 Å². The molecule has 0 bridgehead atoms. The van der Waals surface area contributed by atoms with Crippen molar-refractivity contribution in [3.8, 4) is 11.5 Å². The number of likely N-dealkylation sites (N-methyl/N-ethyl adjacent to an activating group) is 1. The lowest BCUT2D eigenvalue weighted by molar-refractivity contribution is -0.139. The van der Waals surface area contributed by atoms with E-state index >= 15 is 0 Å². The number of nitrogens with one attached hydrogen (secondary N) is 1. The minimum Gasteiger partial charge on any atom is -0.497 e. The highest BCUT2D eigenvalue weighted by Gasteiger charge is 2.37. The molecule has 158 valence electrons. The van der Waals surface area contributed by atoms with Gasteiger partial charge in [-0.05, 0) is 48.9 Å². The van der Waals surface area contributed by atoms with Gasteiger partial charge in [-0.2, -0.15) is 0 Å². The molecule has 30 heavy (non-hydrogen) atoms. The van der Waals surface area contributed by atoms with Crippen molar-refractivity contribution < 1.29 is 23.8 Å². The summed E-state index contributed by atoms with van der Waals surface area (Å²) in [7, 11) is 3.16. The summed E-state index contributed by atoms with van der Waals surface area (Å²) in [5.74, 6) is 0.761. The first-order valence-corrected chi connectivity index (χ1v) is 9.79. The van der Waals surface area contributed by atoms with Crippen LogP contribution in [0.15, 0.2) is 59.8 Å². The van der Waals surface area contributed by atoms with Gasteiger partial charge < -0.3 is 19.5 Å². The number of ether oxygens (including phenoxy) is 3. The lowest BCUT2D eigenvalue weighted by atomic mass is 9.95. The predicted molar refractivity (Wildman–Crippen MR) is 113 cm³/mol. The molecule has 0 saturated heterocycles. The predicted octanol–water partition coefficient (Wildman–Crippen LogP) is 3.94. The first-order chi connectivity index (χ1) is 14.4. The lowest BCUT2D eigenvalue weighted by Gasteiger charge is -2.34. The summed E-state index contributed by atoms with van der Waals surface area (Å²) in [6, 6.07) is 12.9. The number of esters is 1. The zero-order valence-electron chi connectivity index (χ0n) is 17.0. The third-order valence-electron chi connectivity index (χ3n) is 4.71. The quantitative estimate of drug-likeness (QED) is 0.673. The summed E-state index contributed by atoms with van der Waals surface area (Å²) < 4.78 is 16.3. The number of rotatable bonds is 7. The summed E-state index contributed by atoms with van der Waals surface area (Å²) >= 11 is 5.99. The second-order valence-corrected chi connectivity index (χ2v) is 6.97. The van der Waals surface area contributed by atoms with E-state index in [1.165, 1.54) is 4.90 Å². The molecule has 1 aliphatic heterocycles. The third kappa shape index (κ3) is 4.68. The van der Waals surface area contributed by atoms with Crippen LogP contribution >= 0.6 is 11.6 Å². The standard InChI is InChI=1S/C22H23ClN2O5/c1-4-29-21(26)19-18(13-30-17-11-9-16(28-3)10-12-17)25(2)22(27)24-20(19)14-5-7-15(23)8-6-14/h5-12,20H,4,13H2,1-3H3,(H,24,27). The average molecular weight is 431 g/mol. The first kappa shape index (κ1) is 21.5. The summed E-state index contributed by atoms with van der Waals surface area (Å²) in [6.45, 7) is 1.95. The highest BCUT2D eigenvalue weighted by atomic mass is 35.5. The van der Waals surface area contributed by atoms with E-state index in [0.717, 1.165) is 0 Å². The Morgan fingerprint density at radius 3 is 2.33 bits per heavy atom. The molecule has 1 N–H and O–H groups in total. The van der Waals surface area contributed by atoms with Crippen LogP contribution in [0.2, 0.25) is 5.02 Å². The molecule has 2 aromatic carbocycles. The van der Waals surface area contributed by atoms with Crippen LogP contribution in [0.25, 0.3) is 0 Å². The van der Waals surface area contributed by atoms with Crippen LogP contribution in [0, 0.1) is 0 Å². The van der Waals surface area contributed by atoms with Gasteiger partial charge in [-0.15, -0.1) is 0 Å². The van der Waals surface area contributed by atoms with E-state index in [2.05, 4.69) is 5.32 Å². The number of nitrogens with zero attached hydrogens (tertiary/aromatic N) is 1. The Hall–Kier alpha value is -3.19. The van der Waals surface area contributed by atoms with Gasteiger partial charge in [0.2, 0.25) is 0 Å². The second-order valence-electron chi connectivity index (χ2n) is 6.54. The molecular weight excluding hydrogens is 408 g/mol. The van der Waals surface area contributed by atoms with E-state index in [9.17, 15) is 9.59 Å². The number of benzene rings is 2. The molecule has 0 aromatic heterocycles. The molecule has 0 fully saturated rings. The fourth-order valence-electron chi connectivity index (χ4n) is 3.11. The molecule has 2 aromatic rings. The van der Waals surface area contributed by atoms with Crippen molar-refractivity contribution in [3.63, 3.8) is 0 Å². The van der Waals surface area contributed by atoms with E-state index in [0.29, 0.717) is 33.4 Å². The third-order valence-corrected chi connectivity index (χ3v) is 4.96. The molecule has 1 aliphatic rings. The van der Waals surface area contributed by atoms with Crippen LogP contribution in [0.3, 0.4) is 0 Å². The molecule has 8 heteroatoms. The molecule has 0 aliphatic carbocycles. The molecule has 7 nitrogen and oxygen atoms in total. The van der Waals surface area contributed by atoms with Crippen LogP contribution in [0.5, 0.6) is 11.5 Å². The van der Waals surface area contributed by atoms with Crippen molar-refractivity contribution in [2.24, 2.45) is 0 Å². The second kappa shape index (κ2) is 9.54. The monoisotopic (exact) mass is 430 g/mol. The molecule has 0 saturated carbocycles. The van der Waals surface area contributed by atoms with Gasteiger partial charge in [0.25, 0.3) is 0 Å². The van der Waals surface area contributed by atoms with Gasteiger partial charge in [-0.1, -0.05) is 23.7 Å². The fourth-order valence-corrected chi connectivity index (χ4v) is 3.24. The van der Waals surface area contributed by atoms with Gasteiger partial charge in [0.15, 0.2) is 0 Å². The Bertz CT molecular complexity index is 941. The highest BCUT2D eigenvalue weighted by molar-refractivity contribution is 6.30. The average Bonchev–Trinajstić information content (AvgIpc) is 2.75. The Morgan fingerprint density at radius 1 is 1.10 bits per heavy atom. The van der Waals surface area contributed by atoms with E-state index in [-0.39, 0.29) is 19.2 Å². The number of amides is 2. The van der Waals surface area contributed by atoms with E-state index in [1.54, 1.807) is 69.6 Å². The van der Waals surface area contributed by atoms with Crippen molar-refractivity contribution >= 4 is 23.6 Å². The molecule has 0 radical (unpaired) electrons. The minimum atomic E-state index is -0.681. The van der Waals surface area contributed by atoms with Crippen LogP contribution in [0.1, 0.15) is 18.5 Å². The molecule has 1 unspecified atom stereocenters. The van der Waals surface area contributed by atoms with Gasteiger partial charge in [0, 0.05) is 12.1 Å². The van der Waals surface area contributed by atoms with Gasteiger partial charge in [0.05, 0.1) is 31.0 Å². The van der Waals surface area contributed by atoms with Crippen LogP contribution in [-0.2, 0) is 9.53 Å². The topological polar surface area (TPSA) is 77.1 Å². The Balaban J connectivity index is 1.98. The van der Waals surface area contributed by atoms with Gasteiger partial charge in [-0.3, -0.25) is 4.90 Å². The molecular formula is C22H23ClN2O5.